The second kappa shape index (κ2) is 3.56. The highest BCUT2D eigenvalue weighted by molar-refractivity contribution is 5.88. The molecule has 0 aromatic heterocycles. The average Bonchev–Trinajstić information content (AvgIpc) is 2.89. The van der Waals surface area contributed by atoms with Crippen molar-refractivity contribution in [2.24, 2.45) is 17.3 Å². The summed E-state index contributed by atoms with van der Waals surface area (Å²) in [5.74, 6) is 1.82. The van der Waals surface area contributed by atoms with Crippen molar-refractivity contribution < 1.29 is 4.79 Å². The Morgan fingerprint density at radius 1 is 1.31 bits per heavy atom. The van der Waals surface area contributed by atoms with Crippen LogP contribution in [0.25, 0.3) is 0 Å². The largest absolute Gasteiger partial charge is 0.299 e. The fourth-order valence-electron chi connectivity index (χ4n) is 4.05. The van der Waals surface area contributed by atoms with Gasteiger partial charge in [-0.3, -0.25) is 9.69 Å². The standard InChI is InChI=1S/C14H23NO/c1-14(2)6-5-11(13(14)16)9-15-8-10-3-4-12(15)7-10/h10-12H,3-9H2,1-2H3. The van der Waals surface area contributed by atoms with Crippen molar-refractivity contribution in [1.82, 2.24) is 4.90 Å². The first-order chi connectivity index (χ1) is 7.56. The Morgan fingerprint density at radius 3 is 2.62 bits per heavy atom. The summed E-state index contributed by atoms with van der Waals surface area (Å²) in [4.78, 5) is 14.8. The first-order valence-corrected chi connectivity index (χ1v) is 6.84. The Labute approximate surface area is 98.4 Å². The number of hydrogen-bond donors (Lipinski definition) is 0. The van der Waals surface area contributed by atoms with Gasteiger partial charge in [0.15, 0.2) is 0 Å². The monoisotopic (exact) mass is 221 g/mol. The summed E-state index contributed by atoms with van der Waals surface area (Å²) in [5, 5.41) is 0. The van der Waals surface area contributed by atoms with Crippen molar-refractivity contribution in [3.8, 4) is 0 Å². The van der Waals surface area contributed by atoms with Gasteiger partial charge in [-0.05, 0) is 38.0 Å². The molecule has 1 heterocycles. The summed E-state index contributed by atoms with van der Waals surface area (Å²) < 4.78 is 0. The molecule has 2 saturated carbocycles. The van der Waals surface area contributed by atoms with Crippen molar-refractivity contribution in [2.75, 3.05) is 13.1 Å². The van der Waals surface area contributed by atoms with E-state index in [-0.39, 0.29) is 5.41 Å². The zero-order chi connectivity index (χ0) is 11.3. The fourth-order valence-corrected chi connectivity index (χ4v) is 4.05. The van der Waals surface area contributed by atoms with Crippen LogP contribution in [0.5, 0.6) is 0 Å². The van der Waals surface area contributed by atoms with E-state index in [0.29, 0.717) is 11.7 Å². The van der Waals surface area contributed by atoms with E-state index in [1.165, 1.54) is 25.8 Å². The summed E-state index contributed by atoms with van der Waals surface area (Å²) in [6.07, 6.45) is 6.45. The van der Waals surface area contributed by atoms with Crippen LogP contribution < -0.4 is 0 Å². The lowest BCUT2D eigenvalue weighted by Gasteiger charge is -2.29. The minimum atomic E-state index is -0.0383. The van der Waals surface area contributed by atoms with Crippen LogP contribution in [0.4, 0.5) is 0 Å². The molecule has 3 aliphatic rings. The Balaban J connectivity index is 1.62. The molecule has 2 heteroatoms. The van der Waals surface area contributed by atoms with Crippen LogP contribution in [-0.4, -0.2) is 29.8 Å². The van der Waals surface area contributed by atoms with Gasteiger partial charge < -0.3 is 0 Å². The van der Waals surface area contributed by atoms with E-state index >= 15 is 0 Å². The minimum Gasteiger partial charge on any atom is -0.299 e. The van der Waals surface area contributed by atoms with Gasteiger partial charge in [-0.1, -0.05) is 13.8 Å². The number of carbonyl (C=O) groups is 1. The molecule has 2 nitrogen and oxygen atoms in total. The zero-order valence-electron chi connectivity index (χ0n) is 10.5. The molecule has 0 aromatic rings. The van der Waals surface area contributed by atoms with Crippen LogP contribution in [0.15, 0.2) is 0 Å². The number of nitrogens with zero attached hydrogens (tertiary/aromatic N) is 1. The van der Waals surface area contributed by atoms with Crippen LogP contribution in [0.1, 0.15) is 46.0 Å². The van der Waals surface area contributed by atoms with E-state index in [1.807, 2.05) is 0 Å². The molecular weight excluding hydrogens is 198 g/mol. The molecule has 0 aromatic carbocycles. The number of rotatable bonds is 2. The summed E-state index contributed by atoms with van der Waals surface area (Å²) in [6, 6.07) is 0.821. The molecule has 3 fully saturated rings. The van der Waals surface area contributed by atoms with Crippen molar-refractivity contribution in [2.45, 2.75) is 52.0 Å². The summed E-state index contributed by atoms with van der Waals surface area (Å²) in [6.45, 7) is 6.56. The Hall–Kier alpha value is -0.370. The van der Waals surface area contributed by atoms with Gasteiger partial charge in [-0.2, -0.15) is 0 Å². The summed E-state index contributed by atoms with van der Waals surface area (Å²) >= 11 is 0. The van der Waals surface area contributed by atoms with Gasteiger partial charge in [0.2, 0.25) is 0 Å². The molecule has 16 heavy (non-hydrogen) atoms. The van der Waals surface area contributed by atoms with E-state index in [2.05, 4.69) is 18.7 Å². The molecule has 0 N–H and O–H groups in total. The smallest absolute Gasteiger partial charge is 0.142 e. The fraction of sp³-hybridized carbons (Fsp3) is 0.929. The van der Waals surface area contributed by atoms with E-state index in [0.717, 1.165) is 31.3 Å². The first kappa shape index (κ1) is 10.8. The van der Waals surface area contributed by atoms with Crippen molar-refractivity contribution >= 4 is 5.78 Å². The summed E-state index contributed by atoms with van der Waals surface area (Å²) in [7, 11) is 0. The van der Waals surface area contributed by atoms with Crippen LogP contribution in [-0.2, 0) is 4.79 Å². The molecule has 0 spiro atoms. The molecule has 3 rings (SSSR count). The Morgan fingerprint density at radius 2 is 2.12 bits per heavy atom. The normalized spacial score (nSPS) is 42.1. The van der Waals surface area contributed by atoms with Gasteiger partial charge in [-0.15, -0.1) is 0 Å². The molecule has 3 atom stereocenters. The van der Waals surface area contributed by atoms with Crippen molar-refractivity contribution in [3.63, 3.8) is 0 Å². The predicted octanol–water partition coefficient (Wildman–Crippen LogP) is 2.48. The third kappa shape index (κ3) is 1.62. The molecular formula is C14H23NO. The van der Waals surface area contributed by atoms with E-state index in [4.69, 9.17) is 0 Å². The summed E-state index contributed by atoms with van der Waals surface area (Å²) in [5.41, 5.74) is -0.0383. The van der Waals surface area contributed by atoms with Gasteiger partial charge in [0.25, 0.3) is 0 Å². The van der Waals surface area contributed by atoms with Crippen LogP contribution in [0.2, 0.25) is 0 Å². The number of fused-ring (bicyclic) bond motifs is 2. The molecule has 90 valence electrons. The highest BCUT2D eigenvalue weighted by Gasteiger charge is 2.44. The molecule has 2 bridgehead atoms. The van der Waals surface area contributed by atoms with Gasteiger partial charge in [-0.25, -0.2) is 0 Å². The molecule has 1 aliphatic heterocycles. The molecule has 2 aliphatic carbocycles. The third-order valence-electron chi connectivity index (χ3n) is 5.13. The maximum Gasteiger partial charge on any atom is 0.142 e. The van der Waals surface area contributed by atoms with E-state index < -0.39 is 0 Å². The Bertz CT molecular complexity index is 310. The number of ketones is 1. The SMILES string of the molecule is CC1(C)CCC(CN2CC3CCC2C3)C1=O. The Kier molecular flexibility index (Phi) is 2.39. The maximum absolute atomic E-state index is 12.2. The average molecular weight is 221 g/mol. The number of carbonyl (C=O) groups excluding carboxylic acids is 1. The second-order valence-electron chi connectivity index (χ2n) is 6.77. The van der Waals surface area contributed by atoms with Gasteiger partial charge in [0, 0.05) is 30.5 Å². The first-order valence-electron chi connectivity index (χ1n) is 6.84. The lowest BCUT2D eigenvalue weighted by molar-refractivity contribution is -0.128. The molecule has 1 saturated heterocycles. The topological polar surface area (TPSA) is 20.3 Å². The van der Waals surface area contributed by atoms with Crippen LogP contribution in [0.3, 0.4) is 0 Å². The van der Waals surface area contributed by atoms with E-state index in [9.17, 15) is 4.79 Å². The van der Waals surface area contributed by atoms with E-state index in [1.54, 1.807) is 0 Å². The quantitative estimate of drug-likeness (QED) is 0.714. The number of hydrogen-bond acceptors (Lipinski definition) is 2. The highest BCUT2D eigenvalue weighted by Crippen LogP contribution is 2.41. The lowest BCUT2D eigenvalue weighted by atomic mass is 9.89. The lowest BCUT2D eigenvalue weighted by Crippen LogP contribution is -2.38. The maximum atomic E-state index is 12.2. The number of Topliss-reactive ketones (excluding diaryl/α,β-unsaturated/α-hetero) is 1. The van der Waals surface area contributed by atoms with Gasteiger partial charge in [0.05, 0.1) is 0 Å². The number of piperidine rings is 1. The predicted molar refractivity (Wildman–Crippen MR) is 64.2 cm³/mol. The minimum absolute atomic E-state index is 0.0383. The van der Waals surface area contributed by atoms with Gasteiger partial charge in [0.1, 0.15) is 5.78 Å². The number of likely N-dealkylation sites (tertiary alicyclic amines) is 1. The van der Waals surface area contributed by atoms with Crippen molar-refractivity contribution in [3.05, 3.63) is 0 Å². The van der Waals surface area contributed by atoms with Gasteiger partial charge >= 0.3 is 0 Å². The molecule has 0 amide bonds. The van der Waals surface area contributed by atoms with Crippen LogP contribution >= 0.6 is 0 Å². The second-order valence-corrected chi connectivity index (χ2v) is 6.77. The van der Waals surface area contributed by atoms with Crippen LogP contribution in [0, 0.1) is 17.3 Å². The highest BCUT2D eigenvalue weighted by atomic mass is 16.1. The third-order valence-corrected chi connectivity index (χ3v) is 5.13. The molecule has 0 radical (unpaired) electrons. The van der Waals surface area contributed by atoms with Crippen molar-refractivity contribution in [1.29, 1.82) is 0 Å². The zero-order valence-corrected chi connectivity index (χ0v) is 10.5. The molecule has 3 unspecified atom stereocenters.